The zero-order chi connectivity index (χ0) is 12.3. The Hall–Kier alpha value is -0.380. The fourth-order valence-corrected chi connectivity index (χ4v) is 5.81. The maximum atomic E-state index is 4.56. The maximum absolute atomic E-state index is 4.56. The summed E-state index contributed by atoms with van der Waals surface area (Å²) in [5.74, 6) is 5.26. The van der Waals surface area contributed by atoms with Gasteiger partial charge in [0.1, 0.15) is 11.6 Å². The van der Waals surface area contributed by atoms with Crippen molar-refractivity contribution in [2.75, 3.05) is 0 Å². The number of alkyl halides is 1. The molecule has 4 aliphatic rings. The molecule has 0 unspecified atom stereocenters. The normalized spacial score (nSPS) is 41.6. The smallest absolute Gasteiger partial charge is 0.143 e. The number of aromatic nitrogens is 3. The van der Waals surface area contributed by atoms with Crippen LogP contribution < -0.4 is 0 Å². The Morgan fingerprint density at radius 3 is 2.11 bits per heavy atom. The average Bonchev–Trinajstić information content (AvgIpc) is 2.69. The lowest BCUT2D eigenvalue weighted by Gasteiger charge is -2.56. The average molecular weight is 310 g/mol. The van der Waals surface area contributed by atoms with Crippen LogP contribution in [0.5, 0.6) is 0 Å². The minimum atomic E-state index is 0.372. The molecule has 4 bridgehead atoms. The van der Waals surface area contributed by atoms with Crippen molar-refractivity contribution in [3.05, 3.63) is 11.6 Å². The molecule has 0 N–H and O–H groups in total. The summed E-state index contributed by atoms with van der Waals surface area (Å²) in [6.07, 6.45) is 8.57. The van der Waals surface area contributed by atoms with Crippen molar-refractivity contribution in [1.82, 2.24) is 14.8 Å². The SMILES string of the molecule is Cn1c(CBr)nnc1C12CC3CC(CC(C3)C1)C2. The van der Waals surface area contributed by atoms with Gasteiger partial charge in [-0.25, -0.2) is 0 Å². The highest BCUT2D eigenvalue weighted by atomic mass is 79.9. The fourth-order valence-electron chi connectivity index (χ4n) is 5.32. The van der Waals surface area contributed by atoms with Crippen LogP contribution in [0.25, 0.3) is 0 Å². The van der Waals surface area contributed by atoms with E-state index in [0.717, 1.165) is 28.9 Å². The molecule has 0 aromatic carbocycles. The highest BCUT2D eigenvalue weighted by Gasteiger charge is 2.53. The molecule has 4 fully saturated rings. The topological polar surface area (TPSA) is 30.7 Å². The third-order valence-corrected chi connectivity index (χ3v) is 6.10. The molecule has 1 heterocycles. The van der Waals surface area contributed by atoms with Gasteiger partial charge in [0.15, 0.2) is 0 Å². The lowest BCUT2D eigenvalue weighted by atomic mass is 9.49. The van der Waals surface area contributed by atoms with E-state index in [1.54, 1.807) is 0 Å². The lowest BCUT2D eigenvalue weighted by Crippen LogP contribution is -2.49. The van der Waals surface area contributed by atoms with Crippen LogP contribution in [0.4, 0.5) is 0 Å². The molecule has 18 heavy (non-hydrogen) atoms. The molecule has 4 aliphatic carbocycles. The molecule has 0 spiro atoms. The maximum Gasteiger partial charge on any atom is 0.143 e. The number of nitrogens with zero attached hydrogens (tertiary/aromatic N) is 3. The summed E-state index contributed by atoms with van der Waals surface area (Å²) >= 11 is 3.51. The third-order valence-electron chi connectivity index (χ3n) is 5.60. The molecule has 4 saturated carbocycles. The highest BCUT2D eigenvalue weighted by molar-refractivity contribution is 9.08. The number of hydrogen-bond donors (Lipinski definition) is 0. The minimum Gasteiger partial charge on any atom is -0.317 e. The van der Waals surface area contributed by atoms with Gasteiger partial charge in [-0.1, -0.05) is 15.9 Å². The Kier molecular flexibility index (Phi) is 2.42. The van der Waals surface area contributed by atoms with Crippen molar-refractivity contribution >= 4 is 15.9 Å². The van der Waals surface area contributed by atoms with Gasteiger partial charge < -0.3 is 4.57 Å². The summed E-state index contributed by atoms with van der Waals surface area (Å²) in [5, 5.41) is 9.73. The van der Waals surface area contributed by atoms with Crippen molar-refractivity contribution in [3.8, 4) is 0 Å². The van der Waals surface area contributed by atoms with Gasteiger partial charge in [-0.2, -0.15) is 0 Å². The zero-order valence-corrected chi connectivity index (χ0v) is 12.5. The Morgan fingerprint density at radius 2 is 1.67 bits per heavy atom. The van der Waals surface area contributed by atoms with Gasteiger partial charge in [-0.15, -0.1) is 10.2 Å². The first kappa shape index (κ1) is 11.4. The summed E-state index contributed by atoms with van der Waals surface area (Å²) in [6.45, 7) is 0. The molecule has 0 radical (unpaired) electrons. The first-order chi connectivity index (χ1) is 8.70. The van der Waals surface area contributed by atoms with E-state index >= 15 is 0 Å². The Morgan fingerprint density at radius 1 is 1.11 bits per heavy atom. The Labute approximate surface area is 116 Å². The molecule has 5 rings (SSSR count). The second-order valence-electron chi connectivity index (χ2n) is 6.83. The van der Waals surface area contributed by atoms with Crippen molar-refractivity contribution in [2.45, 2.75) is 49.3 Å². The van der Waals surface area contributed by atoms with Crippen LogP contribution in [0.2, 0.25) is 0 Å². The Balaban J connectivity index is 1.76. The molecular weight excluding hydrogens is 290 g/mol. The molecule has 3 nitrogen and oxygen atoms in total. The van der Waals surface area contributed by atoms with E-state index < -0.39 is 0 Å². The fraction of sp³-hybridized carbons (Fsp3) is 0.857. The number of halogens is 1. The van der Waals surface area contributed by atoms with Crippen LogP contribution in [0, 0.1) is 17.8 Å². The van der Waals surface area contributed by atoms with Gasteiger partial charge in [-0.05, 0) is 56.3 Å². The van der Waals surface area contributed by atoms with E-state index in [1.165, 1.54) is 44.3 Å². The molecule has 0 aliphatic heterocycles. The molecule has 0 amide bonds. The van der Waals surface area contributed by atoms with Crippen molar-refractivity contribution in [2.24, 2.45) is 24.8 Å². The largest absolute Gasteiger partial charge is 0.317 e. The van der Waals surface area contributed by atoms with E-state index in [2.05, 4.69) is 37.7 Å². The minimum absolute atomic E-state index is 0.372. The van der Waals surface area contributed by atoms with Crippen molar-refractivity contribution in [3.63, 3.8) is 0 Å². The van der Waals surface area contributed by atoms with Crippen molar-refractivity contribution in [1.29, 1.82) is 0 Å². The molecule has 1 aromatic heterocycles. The van der Waals surface area contributed by atoms with Gasteiger partial charge in [-0.3, -0.25) is 0 Å². The van der Waals surface area contributed by atoms with E-state index in [-0.39, 0.29) is 0 Å². The van der Waals surface area contributed by atoms with Crippen LogP contribution >= 0.6 is 15.9 Å². The van der Waals surface area contributed by atoms with Gasteiger partial charge in [0.2, 0.25) is 0 Å². The Bertz CT molecular complexity index is 444. The lowest BCUT2D eigenvalue weighted by molar-refractivity contribution is -0.0108. The zero-order valence-electron chi connectivity index (χ0n) is 10.9. The molecule has 4 heteroatoms. The van der Waals surface area contributed by atoms with E-state index in [0.29, 0.717) is 5.41 Å². The van der Waals surface area contributed by atoms with E-state index in [1.807, 2.05) is 0 Å². The van der Waals surface area contributed by atoms with Crippen LogP contribution in [0.1, 0.15) is 50.2 Å². The van der Waals surface area contributed by atoms with Crippen LogP contribution in [0.15, 0.2) is 0 Å². The molecule has 1 aromatic rings. The van der Waals surface area contributed by atoms with Crippen LogP contribution in [-0.4, -0.2) is 14.8 Å². The summed E-state index contributed by atoms with van der Waals surface area (Å²) in [7, 11) is 2.14. The second-order valence-corrected chi connectivity index (χ2v) is 7.39. The van der Waals surface area contributed by atoms with Crippen LogP contribution in [0.3, 0.4) is 0 Å². The number of rotatable bonds is 2. The highest BCUT2D eigenvalue weighted by Crippen LogP contribution is 2.60. The predicted molar refractivity (Wildman–Crippen MR) is 73.5 cm³/mol. The van der Waals surface area contributed by atoms with Gasteiger partial charge >= 0.3 is 0 Å². The molecule has 0 saturated heterocycles. The van der Waals surface area contributed by atoms with Crippen LogP contribution in [-0.2, 0) is 17.8 Å². The predicted octanol–water partition coefficient (Wildman–Crippen LogP) is 3.18. The summed E-state index contributed by atoms with van der Waals surface area (Å²) < 4.78 is 2.25. The number of hydrogen-bond acceptors (Lipinski definition) is 2. The van der Waals surface area contributed by atoms with E-state index in [4.69, 9.17) is 0 Å². The monoisotopic (exact) mass is 309 g/mol. The van der Waals surface area contributed by atoms with Gasteiger partial charge in [0.05, 0.1) is 5.33 Å². The summed E-state index contributed by atoms with van der Waals surface area (Å²) in [4.78, 5) is 0. The van der Waals surface area contributed by atoms with E-state index in [9.17, 15) is 0 Å². The molecular formula is C14H20BrN3. The third kappa shape index (κ3) is 1.47. The summed E-state index contributed by atoms with van der Waals surface area (Å²) in [6, 6.07) is 0. The second kappa shape index (κ2) is 3.81. The van der Waals surface area contributed by atoms with Crippen molar-refractivity contribution < 1.29 is 0 Å². The quantitative estimate of drug-likeness (QED) is 0.786. The summed E-state index contributed by atoms with van der Waals surface area (Å²) in [5.41, 5.74) is 0.372. The standard InChI is InChI=1S/C14H20BrN3/c1-18-12(8-15)16-17-13(18)14-5-9-2-10(6-14)4-11(3-9)7-14/h9-11H,2-8H2,1H3. The van der Waals surface area contributed by atoms with Gasteiger partial charge in [0.25, 0.3) is 0 Å². The first-order valence-corrected chi connectivity index (χ1v) is 8.27. The molecule has 98 valence electrons. The molecule has 0 atom stereocenters. The first-order valence-electron chi connectivity index (χ1n) is 7.15. The van der Waals surface area contributed by atoms with Gasteiger partial charge in [0, 0.05) is 12.5 Å².